The number of rotatable bonds is 0. The van der Waals surface area contributed by atoms with Crippen LogP contribution in [0.2, 0.25) is 0 Å². The minimum Gasteiger partial charge on any atom is -0.333 e. The molecule has 0 bridgehead atoms. The summed E-state index contributed by atoms with van der Waals surface area (Å²) < 4.78 is 0.809. The molecule has 0 fully saturated rings. The van der Waals surface area contributed by atoms with E-state index in [1.165, 1.54) is 12.1 Å². The number of benzene rings is 1. The summed E-state index contributed by atoms with van der Waals surface area (Å²) in [4.78, 5) is 46.8. The van der Waals surface area contributed by atoms with Crippen molar-refractivity contribution in [2.75, 3.05) is 11.7 Å². The Morgan fingerprint density at radius 2 is 1.00 bits per heavy atom. The summed E-state index contributed by atoms with van der Waals surface area (Å²) in [7, 11) is 0. The van der Waals surface area contributed by atoms with E-state index in [1.54, 1.807) is 0 Å². The monoisotopic (exact) mass is 246 g/mol. The van der Waals surface area contributed by atoms with Crippen molar-refractivity contribution in [1.29, 1.82) is 0 Å². The molecule has 18 heavy (non-hydrogen) atoms. The van der Waals surface area contributed by atoms with E-state index in [1.807, 2.05) is 0 Å². The lowest BCUT2D eigenvalue weighted by molar-refractivity contribution is 0.932. The smallest absolute Gasteiger partial charge is 0.280 e. The molecular formula is C10H6N4O4. The van der Waals surface area contributed by atoms with E-state index in [0.29, 0.717) is 9.35 Å². The van der Waals surface area contributed by atoms with E-state index < -0.39 is 22.2 Å². The summed E-state index contributed by atoms with van der Waals surface area (Å²) in [5.74, 6) is 10.5. The molecule has 4 N–H and O–H groups in total. The molecule has 8 heteroatoms. The lowest BCUT2D eigenvalue weighted by Gasteiger charge is -1.86. The van der Waals surface area contributed by atoms with Gasteiger partial charge in [-0.1, -0.05) is 0 Å². The highest BCUT2D eigenvalue weighted by atomic mass is 16.2. The van der Waals surface area contributed by atoms with E-state index in [0.717, 1.165) is 0 Å². The van der Waals surface area contributed by atoms with E-state index in [2.05, 4.69) is 0 Å². The fourth-order valence-electron chi connectivity index (χ4n) is 2.09. The second-order valence-electron chi connectivity index (χ2n) is 3.87. The van der Waals surface area contributed by atoms with Gasteiger partial charge >= 0.3 is 0 Å². The summed E-state index contributed by atoms with van der Waals surface area (Å²) in [6.45, 7) is 0. The van der Waals surface area contributed by atoms with Crippen LogP contribution in [0.1, 0.15) is 0 Å². The molecule has 0 aliphatic heterocycles. The first-order valence-corrected chi connectivity index (χ1v) is 4.89. The molecule has 0 saturated heterocycles. The third-order valence-electron chi connectivity index (χ3n) is 2.97. The molecule has 3 aromatic rings. The number of nitrogens with two attached hydrogens (primary N) is 2. The molecule has 0 spiro atoms. The Bertz CT molecular complexity index is 933. The van der Waals surface area contributed by atoms with Crippen LogP contribution in [0.5, 0.6) is 0 Å². The minimum atomic E-state index is -0.816. The van der Waals surface area contributed by atoms with Crippen molar-refractivity contribution in [3.8, 4) is 0 Å². The van der Waals surface area contributed by atoms with Crippen molar-refractivity contribution in [1.82, 2.24) is 9.35 Å². The average Bonchev–Trinajstić information content (AvgIpc) is 2.72. The Balaban J connectivity index is 2.90. The molecule has 2 aromatic heterocycles. The number of nitrogen functional groups attached to an aromatic ring is 2. The number of nitrogens with zero attached hydrogens (tertiary/aromatic N) is 2. The predicted octanol–water partition coefficient (Wildman–Crippen LogP) is -2.66. The third-order valence-corrected chi connectivity index (χ3v) is 2.97. The molecule has 3 rings (SSSR count). The number of fused-ring (bicyclic) bond motifs is 3. The van der Waals surface area contributed by atoms with Crippen molar-refractivity contribution >= 4 is 21.5 Å². The molecule has 0 amide bonds. The Hall–Kier alpha value is -2.90. The Morgan fingerprint density at radius 3 is 1.33 bits per heavy atom. The summed E-state index contributed by atoms with van der Waals surface area (Å²) in [6, 6.07) is 2.57. The number of hydrogen-bond acceptors (Lipinski definition) is 6. The second kappa shape index (κ2) is 2.86. The summed E-state index contributed by atoms with van der Waals surface area (Å²) in [6.07, 6.45) is 0. The number of aromatic nitrogens is 2. The zero-order valence-corrected chi connectivity index (χ0v) is 8.84. The highest BCUT2D eigenvalue weighted by Crippen LogP contribution is 2.14. The van der Waals surface area contributed by atoms with Crippen molar-refractivity contribution in [2.24, 2.45) is 0 Å². The Kier molecular flexibility index (Phi) is 1.63. The molecule has 0 unspecified atom stereocenters. The molecule has 0 aliphatic carbocycles. The highest BCUT2D eigenvalue weighted by Gasteiger charge is 2.20. The third kappa shape index (κ3) is 0.902. The molecule has 90 valence electrons. The van der Waals surface area contributed by atoms with Gasteiger partial charge in [-0.3, -0.25) is 19.2 Å². The molecular weight excluding hydrogens is 240 g/mol. The van der Waals surface area contributed by atoms with Gasteiger partial charge in [0, 0.05) is 0 Å². The van der Waals surface area contributed by atoms with Gasteiger partial charge in [0.1, 0.15) is 0 Å². The number of hydrogen-bond donors (Lipinski definition) is 2. The Labute approximate surface area is 96.9 Å². The maximum absolute atomic E-state index is 11.8. The van der Waals surface area contributed by atoms with Crippen LogP contribution in [0.15, 0.2) is 31.3 Å². The van der Waals surface area contributed by atoms with Crippen LogP contribution in [0.4, 0.5) is 0 Å². The van der Waals surface area contributed by atoms with Gasteiger partial charge in [0.2, 0.25) is 0 Å². The average molecular weight is 246 g/mol. The van der Waals surface area contributed by atoms with Gasteiger partial charge in [0.05, 0.1) is 21.5 Å². The summed E-state index contributed by atoms with van der Waals surface area (Å²) >= 11 is 0. The van der Waals surface area contributed by atoms with Crippen LogP contribution >= 0.6 is 0 Å². The molecule has 0 atom stereocenters. The van der Waals surface area contributed by atoms with Gasteiger partial charge in [-0.2, -0.15) is 9.35 Å². The molecule has 1 aromatic carbocycles. The molecule has 2 heterocycles. The maximum atomic E-state index is 11.8. The van der Waals surface area contributed by atoms with Crippen molar-refractivity contribution in [3.05, 3.63) is 53.5 Å². The van der Waals surface area contributed by atoms with Gasteiger partial charge in [-0.15, -0.1) is 0 Å². The quantitative estimate of drug-likeness (QED) is 0.416. The van der Waals surface area contributed by atoms with Crippen LogP contribution in [0.3, 0.4) is 0 Å². The van der Waals surface area contributed by atoms with E-state index in [-0.39, 0.29) is 21.5 Å². The maximum Gasteiger partial charge on any atom is 0.280 e. The molecule has 0 radical (unpaired) electrons. The molecule has 8 nitrogen and oxygen atoms in total. The van der Waals surface area contributed by atoms with E-state index in [9.17, 15) is 19.2 Å². The Morgan fingerprint density at radius 1 is 0.667 bits per heavy atom. The van der Waals surface area contributed by atoms with Crippen LogP contribution in [-0.2, 0) is 0 Å². The normalized spacial score (nSPS) is 11.6. The minimum absolute atomic E-state index is 0.00213. The van der Waals surface area contributed by atoms with Gasteiger partial charge < -0.3 is 11.7 Å². The van der Waals surface area contributed by atoms with Crippen LogP contribution in [-0.4, -0.2) is 9.35 Å². The van der Waals surface area contributed by atoms with E-state index in [4.69, 9.17) is 11.7 Å². The first-order chi connectivity index (χ1) is 8.45. The van der Waals surface area contributed by atoms with Crippen molar-refractivity contribution in [3.63, 3.8) is 0 Å². The zero-order chi connectivity index (χ0) is 13.2. The lowest BCUT2D eigenvalue weighted by atomic mass is 10.1. The summed E-state index contributed by atoms with van der Waals surface area (Å²) in [5.41, 5.74) is -3.06. The van der Waals surface area contributed by atoms with Gasteiger partial charge in [-0.25, -0.2) is 0 Å². The lowest BCUT2D eigenvalue weighted by Crippen LogP contribution is -2.33. The predicted molar refractivity (Wildman–Crippen MR) is 65.2 cm³/mol. The largest absolute Gasteiger partial charge is 0.333 e. The highest BCUT2D eigenvalue weighted by molar-refractivity contribution is 6.07. The fraction of sp³-hybridized carbons (Fsp3) is 0. The second-order valence-corrected chi connectivity index (χ2v) is 3.87. The molecule has 0 aliphatic rings. The van der Waals surface area contributed by atoms with Crippen LogP contribution in [0.25, 0.3) is 21.5 Å². The molecule has 0 saturated carbocycles. The van der Waals surface area contributed by atoms with Gasteiger partial charge in [-0.05, 0) is 12.1 Å². The first-order valence-electron chi connectivity index (χ1n) is 4.89. The summed E-state index contributed by atoms with van der Waals surface area (Å²) in [5, 5.41) is -0.326. The van der Waals surface area contributed by atoms with E-state index >= 15 is 0 Å². The van der Waals surface area contributed by atoms with Gasteiger partial charge in [0.25, 0.3) is 22.2 Å². The zero-order valence-electron chi connectivity index (χ0n) is 8.84. The standard InChI is InChI=1S/C10H6N4O4/c11-13-7(15)3-1-2-4-6(5(3)9(13)17)10(18)14(12)8(4)16/h1-2H,11-12H2. The first kappa shape index (κ1) is 10.3. The van der Waals surface area contributed by atoms with Crippen LogP contribution < -0.4 is 33.9 Å². The fourth-order valence-corrected chi connectivity index (χ4v) is 2.09. The van der Waals surface area contributed by atoms with Gasteiger partial charge in [0.15, 0.2) is 0 Å². The van der Waals surface area contributed by atoms with Crippen molar-refractivity contribution < 1.29 is 0 Å². The SMILES string of the molecule is Nn1c(=O)c2ccc3c(=O)n(N)c(=O)c3c2c1=O. The topological polar surface area (TPSA) is 130 Å². The van der Waals surface area contributed by atoms with Crippen LogP contribution in [0, 0.1) is 0 Å². The van der Waals surface area contributed by atoms with Crippen molar-refractivity contribution in [2.45, 2.75) is 0 Å².